The summed E-state index contributed by atoms with van der Waals surface area (Å²) in [6.45, 7) is 3.66. The Hall–Kier alpha value is -1.92. The number of aliphatic carboxylic acids is 1. The molecule has 0 aliphatic carbocycles. The Balaban J connectivity index is 3.24. The van der Waals surface area contributed by atoms with Gasteiger partial charge in [-0.05, 0) is 29.7 Å². The van der Waals surface area contributed by atoms with Crippen molar-refractivity contribution in [1.29, 1.82) is 0 Å². The van der Waals surface area contributed by atoms with Crippen molar-refractivity contribution >= 4 is 11.7 Å². The van der Waals surface area contributed by atoms with Gasteiger partial charge in [-0.25, -0.2) is 0 Å². The maximum Gasteiger partial charge on any atom is 0.573 e. The molecule has 0 spiro atoms. The first-order valence-corrected chi connectivity index (χ1v) is 6.57. The largest absolute Gasteiger partial charge is 0.573 e. The maximum atomic E-state index is 12.3. The van der Waals surface area contributed by atoms with Gasteiger partial charge in [-0.2, -0.15) is 0 Å². The number of carbonyl (C=O) groups is 1. The van der Waals surface area contributed by atoms with Crippen molar-refractivity contribution in [2.45, 2.75) is 39.0 Å². The van der Waals surface area contributed by atoms with E-state index in [1.807, 2.05) is 13.8 Å². The van der Waals surface area contributed by atoms with Crippen molar-refractivity contribution in [2.75, 3.05) is 5.73 Å². The maximum absolute atomic E-state index is 12.3. The molecular formula is C14H18F3NO3. The number of ether oxygens (including phenoxy) is 1. The third-order valence-corrected chi connectivity index (χ3v) is 3.41. The molecule has 0 fully saturated rings. The molecule has 4 nitrogen and oxygen atoms in total. The highest BCUT2D eigenvalue weighted by molar-refractivity contribution is 5.79. The van der Waals surface area contributed by atoms with Crippen LogP contribution >= 0.6 is 0 Å². The monoisotopic (exact) mass is 305 g/mol. The average molecular weight is 305 g/mol. The molecule has 0 bridgehead atoms. The molecule has 7 heteroatoms. The second-order valence-corrected chi connectivity index (χ2v) is 4.73. The summed E-state index contributed by atoms with van der Waals surface area (Å²) in [4.78, 5) is 11.5. The number of alkyl halides is 3. The minimum Gasteiger partial charge on any atom is -0.481 e. The van der Waals surface area contributed by atoms with E-state index in [0.717, 1.165) is 12.1 Å². The summed E-state index contributed by atoms with van der Waals surface area (Å²) in [6, 6.07) is 3.35. The number of carboxylic acids is 1. The van der Waals surface area contributed by atoms with Gasteiger partial charge in [0.2, 0.25) is 0 Å². The lowest BCUT2D eigenvalue weighted by Gasteiger charge is -2.23. The summed E-state index contributed by atoms with van der Waals surface area (Å²) in [6.07, 6.45) is -3.67. The summed E-state index contributed by atoms with van der Waals surface area (Å²) in [5.74, 6) is -2.76. The van der Waals surface area contributed by atoms with Gasteiger partial charge in [-0.3, -0.25) is 4.79 Å². The number of nitrogens with two attached hydrogens (primary N) is 1. The first-order chi connectivity index (χ1) is 9.69. The number of hydrogen-bond acceptors (Lipinski definition) is 3. The molecular weight excluding hydrogens is 287 g/mol. The minimum atomic E-state index is -4.83. The molecule has 1 rings (SSSR count). The minimum absolute atomic E-state index is 0.142. The standard InChI is InChI=1S/C14H18F3NO3/c1-3-8(4-2)12(13(19)20)10-7-9(5-6-11(10)18)21-14(15,16)17/h5-8,12H,3-4,18H2,1-2H3,(H,19,20). The van der Waals surface area contributed by atoms with Crippen LogP contribution in [0.3, 0.4) is 0 Å². The van der Waals surface area contributed by atoms with Crippen molar-refractivity contribution < 1.29 is 27.8 Å². The third-order valence-electron chi connectivity index (χ3n) is 3.41. The van der Waals surface area contributed by atoms with Crippen LogP contribution in [-0.2, 0) is 4.79 Å². The fourth-order valence-corrected chi connectivity index (χ4v) is 2.37. The molecule has 1 unspecified atom stereocenters. The van der Waals surface area contributed by atoms with Gasteiger partial charge in [0.05, 0.1) is 5.92 Å². The van der Waals surface area contributed by atoms with Crippen LogP contribution in [0, 0.1) is 5.92 Å². The third kappa shape index (κ3) is 4.54. The smallest absolute Gasteiger partial charge is 0.481 e. The van der Waals surface area contributed by atoms with Crippen LogP contribution in [0.15, 0.2) is 18.2 Å². The molecule has 0 radical (unpaired) electrons. The van der Waals surface area contributed by atoms with Crippen molar-refractivity contribution in [3.63, 3.8) is 0 Å². The second kappa shape index (κ2) is 6.69. The van der Waals surface area contributed by atoms with E-state index in [1.165, 1.54) is 6.07 Å². The molecule has 1 atom stereocenters. The van der Waals surface area contributed by atoms with Crippen LogP contribution in [0.2, 0.25) is 0 Å². The van der Waals surface area contributed by atoms with E-state index in [-0.39, 0.29) is 17.2 Å². The van der Waals surface area contributed by atoms with Gasteiger partial charge in [0.1, 0.15) is 5.75 Å². The number of nitrogen functional groups attached to an aromatic ring is 1. The Morgan fingerprint density at radius 1 is 1.33 bits per heavy atom. The topological polar surface area (TPSA) is 72.5 Å². The molecule has 0 aliphatic heterocycles. The lowest BCUT2D eigenvalue weighted by Crippen LogP contribution is -2.23. The number of benzene rings is 1. The predicted octanol–water partition coefficient (Wildman–Crippen LogP) is 3.77. The van der Waals surface area contributed by atoms with Crippen molar-refractivity contribution in [1.82, 2.24) is 0 Å². The van der Waals surface area contributed by atoms with Gasteiger partial charge in [-0.1, -0.05) is 26.7 Å². The van der Waals surface area contributed by atoms with Gasteiger partial charge >= 0.3 is 12.3 Å². The van der Waals surface area contributed by atoms with E-state index >= 15 is 0 Å². The fraction of sp³-hybridized carbons (Fsp3) is 0.500. The average Bonchev–Trinajstić information content (AvgIpc) is 2.36. The van der Waals surface area contributed by atoms with Crippen molar-refractivity contribution in [3.8, 4) is 5.75 Å². The summed E-state index contributed by atoms with van der Waals surface area (Å²) in [5, 5.41) is 9.39. The Kier molecular flexibility index (Phi) is 5.46. The number of halogens is 3. The van der Waals surface area contributed by atoms with Crippen LogP contribution in [0.4, 0.5) is 18.9 Å². The fourth-order valence-electron chi connectivity index (χ4n) is 2.37. The molecule has 0 saturated carbocycles. The normalized spacial score (nSPS) is 13.2. The van der Waals surface area contributed by atoms with Gasteiger partial charge in [0, 0.05) is 5.69 Å². The Morgan fingerprint density at radius 2 is 1.90 bits per heavy atom. The molecule has 1 aromatic carbocycles. The molecule has 0 amide bonds. The van der Waals surface area contributed by atoms with Crippen LogP contribution in [0.25, 0.3) is 0 Å². The molecule has 0 aromatic heterocycles. The molecule has 0 heterocycles. The van der Waals surface area contributed by atoms with E-state index in [2.05, 4.69) is 4.74 Å². The molecule has 118 valence electrons. The summed E-state index contributed by atoms with van der Waals surface area (Å²) >= 11 is 0. The van der Waals surface area contributed by atoms with E-state index < -0.39 is 24.0 Å². The number of anilines is 1. The molecule has 21 heavy (non-hydrogen) atoms. The van der Waals surface area contributed by atoms with Crippen LogP contribution in [-0.4, -0.2) is 17.4 Å². The molecule has 3 N–H and O–H groups in total. The SMILES string of the molecule is CCC(CC)C(C(=O)O)c1cc(OC(F)(F)F)ccc1N. The van der Waals surface area contributed by atoms with Crippen LogP contribution in [0.1, 0.15) is 38.2 Å². The summed E-state index contributed by atoms with van der Waals surface area (Å²) in [7, 11) is 0. The quantitative estimate of drug-likeness (QED) is 0.785. The number of rotatable bonds is 6. The first kappa shape index (κ1) is 17.1. The summed E-state index contributed by atoms with van der Waals surface area (Å²) < 4.78 is 40.6. The van der Waals surface area contributed by atoms with E-state index in [4.69, 9.17) is 5.73 Å². The Morgan fingerprint density at radius 3 is 2.33 bits per heavy atom. The lowest BCUT2D eigenvalue weighted by atomic mass is 9.82. The van der Waals surface area contributed by atoms with Crippen molar-refractivity contribution in [2.24, 2.45) is 5.92 Å². The number of hydrogen-bond donors (Lipinski definition) is 2. The van der Waals surface area contributed by atoms with Gasteiger partial charge in [0.25, 0.3) is 0 Å². The van der Waals surface area contributed by atoms with Crippen molar-refractivity contribution in [3.05, 3.63) is 23.8 Å². The highest BCUT2D eigenvalue weighted by Gasteiger charge is 2.33. The predicted molar refractivity (Wildman–Crippen MR) is 72.0 cm³/mol. The highest BCUT2D eigenvalue weighted by Crippen LogP contribution is 2.36. The highest BCUT2D eigenvalue weighted by atomic mass is 19.4. The summed E-state index contributed by atoms with van der Waals surface area (Å²) in [5.41, 5.74) is 6.03. The zero-order valence-corrected chi connectivity index (χ0v) is 11.8. The van der Waals surface area contributed by atoms with Crippen LogP contribution < -0.4 is 10.5 Å². The van der Waals surface area contributed by atoms with Gasteiger partial charge < -0.3 is 15.6 Å². The van der Waals surface area contributed by atoms with E-state index in [9.17, 15) is 23.1 Å². The first-order valence-electron chi connectivity index (χ1n) is 6.57. The zero-order chi connectivity index (χ0) is 16.2. The Labute approximate surface area is 120 Å². The van der Waals surface area contributed by atoms with Gasteiger partial charge in [0.15, 0.2) is 0 Å². The lowest BCUT2D eigenvalue weighted by molar-refractivity contribution is -0.274. The van der Waals surface area contributed by atoms with E-state index in [1.54, 1.807) is 0 Å². The second-order valence-electron chi connectivity index (χ2n) is 4.73. The zero-order valence-electron chi connectivity index (χ0n) is 11.8. The van der Waals surface area contributed by atoms with Crippen LogP contribution in [0.5, 0.6) is 5.75 Å². The molecule has 1 aromatic rings. The van der Waals surface area contributed by atoms with Gasteiger partial charge in [-0.15, -0.1) is 13.2 Å². The number of carboxylic acid groups (broad SMARTS) is 1. The van der Waals surface area contributed by atoms with E-state index in [0.29, 0.717) is 12.8 Å². The molecule has 0 saturated heterocycles. The molecule has 0 aliphatic rings. The Bertz CT molecular complexity index is 499.